The highest BCUT2D eigenvalue weighted by atomic mass is 35.5. The lowest BCUT2D eigenvalue weighted by molar-refractivity contribution is 0.241. The Balaban J connectivity index is 1.81. The zero-order valence-electron chi connectivity index (χ0n) is 12.0. The number of hydrogen-bond donors (Lipinski definition) is 1. The SMILES string of the molecule is CSc1nc2c(c(=O)[nH]1)CN(Cc1ccc(Cl)cc1Cl)CC2. The summed E-state index contributed by atoms with van der Waals surface area (Å²) in [4.78, 5) is 21.7. The van der Waals surface area contributed by atoms with E-state index in [-0.39, 0.29) is 5.56 Å². The van der Waals surface area contributed by atoms with E-state index in [2.05, 4.69) is 14.9 Å². The van der Waals surface area contributed by atoms with Crippen molar-refractivity contribution in [2.45, 2.75) is 24.7 Å². The molecule has 1 N–H and O–H groups in total. The van der Waals surface area contributed by atoms with Crippen molar-refractivity contribution in [3.8, 4) is 0 Å². The van der Waals surface area contributed by atoms with Crippen LogP contribution in [-0.2, 0) is 19.5 Å². The second-order valence-corrected chi connectivity index (χ2v) is 6.84. The zero-order chi connectivity index (χ0) is 15.7. The molecule has 0 saturated heterocycles. The van der Waals surface area contributed by atoms with Crippen LogP contribution in [0.5, 0.6) is 0 Å². The first-order chi connectivity index (χ1) is 10.6. The van der Waals surface area contributed by atoms with Gasteiger partial charge in [-0.1, -0.05) is 41.0 Å². The maximum Gasteiger partial charge on any atom is 0.256 e. The smallest absolute Gasteiger partial charge is 0.256 e. The summed E-state index contributed by atoms with van der Waals surface area (Å²) in [6, 6.07) is 5.51. The van der Waals surface area contributed by atoms with E-state index >= 15 is 0 Å². The predicted molar refractivity (Wildman–Crippen MR) is 90.9 cm³/mol. The molecule has 22 heavy (non-hydrogen) atoms. The Labute approximate surface area is 142 Å². The van der Waals surface area contributed by atoms with Crippen LogP contribution in [0.1, 0.15) is 16.8 Å². The number of halogens is 2. The number of thioether (sulfide) groups is 1. The molecule has 0 aliphatic carbocycles. The van der Waals surface area contributed by atoms with Gasteiger partial charge in [0.15, 0.2) is 5.16 Å². The minimum absolute atomic E-state index is 0.0405. The van der Waals surface area contributed by atoms with Crippen LogP contribution in [-0.4, -0.2) is 27.7 Å². The standard InChI is InChI=1S/C15H15Cl2N3OS/c1-22-15-18-13-4-5-20(8-11(13)14(21)19-15)7-9-2-3-10(16)6-12(9)17/h2-3,6H,4-5,7-8H2,1H3,(H,18,19,21). The van der Waals surface area contributed by atoms with Gasteiger partial charge >= 0.3 is 0 Å². The lowest BCUT2D eigenvalue weighted by Crippen LogP contribution is -2.35. The van der Waals surface area contributed by atoms with E-state index in [1.165, 1.54) is 11.8 Å². The molecule has 2 heterocycles. The van der Waals surface area contributed by atoms with Crippen LogP contribution >= 0.6 is 35.0 Å². The molecule has 0 amide bonds. The molecule has 0 bridgehead atoms. The maximum atomic E-state index is 12.2. The molecule has 1 aliphatic heterocycles. The molecule has 0 fully saturated rings. The van der Waals surface area contributed by atoms with Crippen molar-refractivity contribution >= 4 is 35.0 Å². The third-order valence-electron chi connectivity index (χ3n) is 3.73. The van der Waals surface area contributed by atoms with Crippen LogP contribution in [0.2, 0.25) is 10.0 Å². The minimum Gasteiger partial charge on any atom is -0.301 e. The fourth-order valence-corrected chi connectivity index (χ4v) is 3.45. The fraction of sp³-hybridized carbons (Fsp3) is 0.333. The van der Waals surface area contributed by atoms with E-state index in [9.17, 15) is 4.79 Å². The fourth-order valence-electron chi connectivity index (χ4n) is 2.58. The molecule has 0 saturated carbocycles. The van der Waals surface area contributed by atoms with Crippen molar-refractivity contribution < 1.29 is 0 Å². The number of H-pyrrole nitrogens is 1. The average Bonchev–Trinajstić information content (AvgIpc) is 2.50. The monoisotopic (exact) mass is 355 g/mol. The Hall–Kier alpha value is -1.01. The normalized spacial score (nSPS) is 14.9. The largest absolute Gasteiger partial charge is 0.301 e. The van der Waals surface area contributed by atoms with Gasteiger partial charge in [0, 0.05) is 36.1 Å². The van der Waals surface area contributed by atoms with E-state index in [0.717, 1.165) is 29.8 Å². The summed E-state index contributed by atoms with van der Waals surface area (Å²) >= 11 is 13.6. The summed E-state index contributed by atoms with van der Waals surface area (Å²) in [5.74, 6) is 0. The molecule has 2 aromatic rings. The number of rotatable bonds is 3. The lowest BCUT2D eigenvalue weighted by atomic mass is 10.1. The second kappa shape index (κ2) is 6.62. The van der Waals surface area contributed by atoms with Crippen molar-refractivity contribution in [1.29, 1.82) is 0 Å². The van der Waals surface area contributed by atoms with Crippen molar-refractivity contribution in [2.75, 3.05) is 12.8 Å². The van der Waals surface area contributed by atoms with Crippen LogP contribution < -0.4 is 5.56 Å². The van der Waals surface area contributed by atoms with E-state index in [1.54, 1.807) is 6.07 Å². The summed E-state index contributed by atoms with van der Waals surface area (Å²) in [5, 5.41) is 1.96. The van der Waals surface area contributed by atoms with Gasteiger partial charge in [-0.3, -0.25) is 9.69 Å². The summed E-state index contributed by atoms with van der Waals surface area (Å²) in [6.07, 6.45) is 2.68. The number of aromatic amines is 1. The summed E-state index contributed by atoms with van der Waals surface area (Å²) in [7, 11) is 0. The molecule has 1 aromatic heterocycles. The second-order valence-electron chi connectivity index (χ2n) is 5.20. The molecule has 0 radical (unpaired) electrons. The Bertz CT molecular complexity index is 763. The van der Waals surface area contributed by atoms with Crippen LogP contribution in [0.25, 0.3) is 0 Å². The zero-order valence-corrected chi connectivity index (χ0v) is 14.4. The van der Waals surface area contributed by atoms with Gasteiger partial charge in [0.1, 0.15) is 0 Å². The number of aromatic nitrogens is 2. The molecular weight excluding hydrogens is 341 g/mol. The van der Waals surface area contributed by atoms with Gasteiger partial charge in [-0.25, -0.2) is 4.98 Å². The van der Waals surface area contributed by atoms with Gasteiger partial charge in [-0.15, -0.1) is 0 Å². The van der Waals surface area contributed by atoms with Crippen molar-refractivity contribution in [1.82, 2.24) is 14.9 Å². The number of fused-ring (bicyclic) bond motifs is 1. The van der Waals surface area contributed by atoms with Gasteiger partial charge < -0.3 is 4.98 Å². The highest BCUT2D eigenvalue weighted by Gasteiger charge is 2.21. The molecule has 7 heteroatoms. The molecule has 1 aliphatic rings. The quantitative estimate of drug-likeness (QED) is 0.677. The van der Waals surface area contributed by atoms with Gasteiger partial charge in [0.2, 0.25) is 0 Å². The first-order valence-electron chi connectivity index (χ1n) is 6.89. The first kappa shape index (κ1) is 15.9. The highest BCUT2D eigenvalue weighted by molar-refractivity contribution is 7.98. The molecule has 0 spiro atoms. The Morgan fingerprint density at radius 3 is 2.95 bits per heavy atom. The van der Waals surface area contributed by atoms with Crippen LogP contribution in [0, 0.1) is 0 Å². The van der Waals surface area contributed by atoms with Crippen molar-refractivity contribution in [3.63, 3.8) is 0 Å². The number of nitrogens with one attached hydrogen (secondary N) is 1. The molecular formula is C15H15Cl2N3OS. The van der Waals surface area contributed by atoms with E-state index < -0.39 is 0 Å². The number of hydrogen-bond acceptors (Lipinski definition) is 4. The molecule has 0 atom stereocenters. The van der Waals surface area contributed by atoms with Gasteiger partial charge in [0.25, 0.3) is 5.56 Å². The lowest BCUT2D eigenvalue weighted by Gasteiger charge is -2.28. The van der Waals surface area contributed by atoms with Crippen LogP contribution in [0.4, 0.5) is 0 Å². The van der Waals surface area contributed by atoms with Gasteiger partial charge in [0.05, 0.1) is 11.3 Å². The average molecular weight is 356 g/mol. The first-order valence-corrected chi connectivity index (χ1v) is 8.87. The van der Waals surface area contributed by atoms with Crippen molar-refractivity contribution in [2.24, 2.45) is 0 Å². The molecule has 0 unspecified atom stereocenters. The van der Waals surface area contributed by atoms with Crippen LogP contribution in [0.3, 0.4) is 0 Å². The van der Waals surface area contributed by atoms with Crippen LogP contribution in [0.15, 0.2) is 28.2 Å². The van der Waals surface area contributed by atoms with E-state index in [4.69, 9.17) is 23.2 Å². The third-order valence-corrected chi connectivity index (χ3v) is 4.90. The molecule has 116 valence electrons. The minimum atomic E-state index is -0.0405. The molecule has 1 aromatic carbocycles. The summed E-state index contributed by atoms with van der Waals surface area (Å²) in [5.41, 5.74) is 2.64. The van der Waals surface area contributed by atoms with Gasteiger partial charge in [-0.05, 0) is 24.0 Å². The van der Waals surface area contributed by atoms with Crippen molar-refractivity contribution in [3.05, 3.63) is 55.4 Å². The van der Waals surface area contributed by atoms with E-state index in [0.29, 0.717) is 28.3 Å². The van der Waals surface area contributed by atoms with Gasteiger partial charge in [-0.2, -0.15) is 0 Å². The third kappa shape index (κ3) is 3.33. The molecule has 3 rings (SSSR count). The highest BCUT2D eigenvalue weighted by Crippen LogP contribution is 2.24. The summed E-state index contributed by atoms with van der Waals surface area (Å²) in [6.45, 7) is 2.14. The number of benzene rings is 1. The number of nitrogens with zero attached hydrogens (tertiary/aromatic N) is 2. The molecule has 4 nitrogen and oxygen atoms in total. The maximum absolute atomic E-state index is 12.2. The topological polar surface area (TPSA) is 49.0 Å². The Morgan fingerprint density at radius 1 is 1.41 bits per heavy atom. The Kier molecular flexibility index (Phi) is 4.78. The summed E-state index contributed by atoms with van der Waals surface area (Å²) < 4.78 is 0. The predicted octanol–water partition coefficient (Wildman–Crippen LogP) is 3.36. The van der Waals surface area contributed by atoms with E-state index in [1.807, 2.05) is 18.4 Å². The Morgan fingerprint density at radius 2 is 2.23 bits per heavy atom.